The van der Waals surface area contributed by atoms with Gasteiger partial charge in [0.1, 0.15) is 31.0 Å². The van der Waals surface area contributed by atoms with Gasteiger partial charge in [-0.2, -0.15) is 0 Å². The summed E-state index contributed by atoms with van der Waals surface area (Å²) >= 11 is 0. The van der Waals surface area contributed by atoms with Crippen LogP contribution in [0.5, 0.6) is 0 Å². The lowest BCUT2D eigenvalue weighted by Crippen LogP contribution is -2.66. The maximum Gasteiger partial charge on any atom is 0.303 e. The van der Waals surface area contributed by atoms with Gasteiger partial charge in [0.2, 0.25) is 0 Å². The van der Waals surface area contributed by atoms with E-state index in [0.717, 1.165) is 38.8 Å². The average Bonchev–Trinajstić information content (AvgIpc) is 3.06. The fourth-order valence-corrected chi connectivity index (χ4v) is 5.45. The Morgan fingerprint density at radius 3 is 1.81 bits per heavy atom. The second kappa shape index (κ2) is 18.0. The van der Waals surface area contributed by atoms with Crippen LogP contribution in [-0.2, 0) is 79.8 Å². The molecule has 9 atom stereocenters. The largest absolute Gasteiger partial charge is 0.462 e. The zero-order valence-electron chi connectivity index (χ0n) is 27.5. The zero-order chi connectivity index (χ0) is 34.6. The number of carbonyl (C=O) groups excluding carboxylic acids is 4. The van der Waals surface area contributed by atoms with Gasteiger partial charge >= 0.3 is 23.9 Å². The topological polar surface area (TPSA) is 161 Å². The van der Waals surface area contributed by atoms with Gasteiger partial charge in [-0.15, -0.1) is 0 Å². The number of esters is 4. The highest BCUT2D eigenvalue weighted by atomic mass is 16.8. The standard InChI is InChI=1S/C34H42O14/c1-20(35)40-18-26(44-21(2)36)29(45-22(3)37)32(46-23(4)38)34-43-19-27-28(48-34)30(41-16-24-12-8-6-9-13-24)31(33(39-5)47-27)42-17-25-14-10-7-11-15-25/h6-15,26-34H,16-19H2,1-5H3/t26-,27-,28+,29-,30+,31-,32+,33-,34+/m1/s1. The number of benzene rings is 2. The van der Waals surface area contributed by atoms with Gasteiger partial charge in [-0.3, -0.25) is 19.2 Å². The third-order valence-electron chi connectivity index (χ3n) is 7.44. The summed E-state index contributed by atoms with van der Waals surface area (Å²) in [5, 5.41) is 0. The van der Waals surface area contributed by atoms with E-state index in [1.54, 1.807) is 0 Å². The van der Waals surface area contributed by atoms with Crippen molar-refractivity contribution >= 4 is 23.9 Å². The summed E-state index contributed by atoms with van der Waals surface area (Å²) in [6, 6.07) is 19.0. The van der Waals surface area contributed by atoms with Crippen LogP contribution in [0.4, 0.5) is 0 Å². The van der Waals surface area contributed by atoms with E-state index >= 15 is 0 Å². The summed E-state index contributed by atoms with van der Waals surface area (Å²) < 4.78 is 58.8. The number of hydrogen-bond acceptors (Lipinski definition) is 14. The number of ether oxygens (including phenoxy) is 10. The first-order valence-corrected chi connectivity index (χ1v) is 15.5. The van der Waals surface area contributed by atoms with Gasteiger partial charge in [0.15, 0.2) is 30.9 Å². The molecule has 2 saturated heterocycles. The van der Waals surface area contributed by atoms with Crippen LogP contribution in [0.2, 0.25) is 0 Å². The first-order chi connectivity index (χ1) is 23.0. The molecule has 0 bridgehead atoms. The van der Waals surface area contributed by atoms with E-state index in [0.29, 0.717) is 0 Å². The molecule has 4 rings (SSSR count). The third-order valence-corrected chi connectivity index (χ3v) is 7.44. The van der Waals surface area contributed by atoms with Gasteiger partial charge in [-0.1, -0.05) is 60.7 Å². The van der Waals surface area contributed by atoms with Crippen LogP contribution in [0.15, 0.2) is 60.7 Å². The molecule has 0 aliphatic carbocycles. The maximum absolute atomic E-state index is 12.4. The molecular formula is C34H42O14. The van der Waals surface area contributed by atoms with E-state index in [9.17, 15) is 19.2 Å². The lowest BCUT2D eigenvalue weighted by atomic mass is 9.96. The third kappa shape index (κ3) is 10.5. The molecule has 2 fully saturated rings. The monoisotopic (exact) mass is 674 g/mol. The molecular weight excluding hydrogens is 632 g/mol. The molecule has 0 amide bonds. The zero-order valence-corrected chi connectivity index (χ0v) is 27.5. The van der Waals surface area contributed by atoms with Crippen molar-refractivity contribution in [3.05, 3.63) is 71.8 Å². The maximum atomic E-state index is 12.4. The minimum Gasteiger partial charge on any atom is -0.462 e. The Bertz CT molecular complexity index is 1340. The van der Waals surface area contributed by atoms with Crippen LogP contribution in [0.1, 0.15) is 38.8 Å². The molecule has 0 aromatic heterocycles. The highest BCUT2D eigenvalue weighted by Crippen LogP contribution is 2.35. The van der Waals surface area contributed by atoms with Crippen molar-refractivity contribution in [3.63, 3.8) is 0 Å². The second-order valence-corrected chi connectivity index (χ2v) is 11.2. The van der Waals surface area contributed by atoms with Crippen LogP contribution in [0.3, 0.4) is 0 Å². The van der Waals surface area contributed by atoms with Crippen molar-refractivity contribution in [3.8, 4) is 0 Å². The molecule has 14 nitrogen and oxygen atoms in total. The number of hydrogen-bond donors (Lipinski definition) is 0. The lowest BCUT2D eigenvalue weighted by Gasteiger charge is -2.49. The average molecular weight is 675 g/mol. The van der Waals surface area contributed by atoms with Gasteiger partial charge in [-0.05, 0) is 11.1 Å². The summed E-state index contributed by atoms with van der Waals surface area (Å²) in [5.41, 5.74) is 1.80. The minimum absolute atomic E-state index is 0.0848. The summed E-state index contributed by atoms with van der Waals surface area (Å²) in [7, 11) is 1.49. The molecule has 48 heavy (non-hydrogen) atoms. The smallest absolute Gasteiger partial charge is 0.303 e. The van der Waals surface area contributed by atoms with Crippen LogP contribution in [0.25, 0.3) is 0 Å². The molecule has 262 valence electrons. The predicted octanol–water partition coefficient (Wildman–Crippen LogP) is 2.63. The number of methoxy groups -OCH3 is 1. The molecule has 2 aliphatic heterocycles. The Morgan fingerprint density at radius 2 is 1.29 bits per heavy atom. The first-order valence-electron chi connectivity index (χ1n) is 15.5. The van der Waals surface area contributed by atoms with Crippen LogP contribution in [-0.4, -0.2) is 99.5 Å². The molecule has 0 saturated carbocycles. The Balaban J connectivity index is 1.67. The molecule has 2 aliphatic rings. The number of fused-ring (bicyclic) bond motifs is 1. The Morgan fingerprint density at radius 1 is 0.729 bits per heavy atom. The van der Waals surface area contributed by atoms with E-state index in [1.807, 2.05) is 60.7 Å². The molecule has 0 unspecified atom stereocenters. The summed E-state index contributed by atoms with van der Waals surface area (Å²) in [4.78, 5) is 48.4. The summed E-state index contributed by atoms with van der Waals surface area (Å²) in [5.74, 6) is -3.03. The van der Waals surface area contributed by atoms with Crippen molar-refractivity contribution in [1.82, 2.24) is 0 Å². The highest BCUT2D eigenvalue weighted by molar-refractivity contribution is 5.68. The van der Waals surface area contributed by atoms with Gasteiger partial charge in [0.05, 0.1) is 19.8 Å². The van der Waals surface area contributed by atoms with Gasteiger partial charge in [-0.25, -0.2) is 0 Å². The Labute approximate surface area is 278 Å². The van der Waals surface area contributed by atoms with Crippen molar-refractivity contribution < 1.29 is 66.5 Å². The number of carbonyl (C=O) groups is 4. The Kier molecular flexibility index (Phi) is 13.8. The van der Waals surface area contributed by atoms with Crippen molar-refractivity contribution in [2.75, 3.05) is 20.3 Å². The van der Waals surface area contributed by atoms with Gasteiger partial charge in [0.25, 0.3) is 0 Å². The van der Waals surface area contributed by atoms with Crippen molar-refractivity contribution in [1.29, 1.82) is 0 Å². The van der Waals surface area contributed by atoms with E-state index in [2.05, 4.69) is 0 Å². The molecule has 2 heterocycles. The Hall–Kier alpha value is -3.92. The second-order valence-electron chi connectivity index (χ2n) is 11.2. The quantitative estimate of drug-likeness (QED) is 0.200. The summed E-state index contributed by atoms with van der Waals surface area (Å²) in [6.45, 7) is 4.34. The fourth-order valence-electron chi connectivity index (χ4n) is 5.45. The molecule has 0 spiro atoms. The highest BCUT2D eigenvalue weighted by Gasteiger charge is 2.54. The molecule has 0 radical (unpaired) electrons. The molecule has 14 heteroatoms. The van der Waals surface area contributed by atoms with E-state index < -0.39 is 85.8 Å². The minimum atomic E-state index is -1.51. The number of rotatable bonds is 15. The van der Waals surface area contributed by atoms with Crippen LogP contribution in [0, 0.1) is 0 Å². The normalized spacial score (nSPS) is 25.4. The van der Waals surface area contributed by atoms with Gasteiger partial charge < -0.3 is 47.4 Å². The molecule has 2 aromatic rings. The van der Waals surface area contributed by atoms with Crippen LogP contribution < -0.4 is 0 Å². The fraction of sp³-hybridized carbons (Fsp3) is 0.529. The predicted molar refractivity (Wildman–Crippen MR) is 164 cm³/mol. The summed E-state index contributed by atoms with van der Waals surface area (Å²) in [6.07, 6.45) is -9.86. The van der Waals surface area contributed by atoms with Crippen LogP contribution >= 0.6 is 0 Å². The van der Waals surface area contributed by atoms with Gasteiger partial charge in [0, 0.05) is 34.8 Å². The van der Waals surface area contributed by atoms with E-state index in [-0.39, 0.29) is 19.8 Å². The van der Waals surface area contributed by atoms with E-state index in [4.69, 9.17) is 47.4 Å². The first kappa shape index (κ1) is 36.9. The molecule has 2 aromatic carbocycles. The van der Waals surface area contributed by atoms with Crippen molar-refractivity contribution in [2.45, 2.75) is 96.2 Å². The molecule has 0 N–H and O–H groups in total. The lowest BCUT2D eigenvalue weighted by molar-refractivity contribution is -0.380. The van der Waals surface area contributed by atoms with Crippen molar-refractivity contribution in [2.24, 2.45) is 0 Å². The van der Waals surface area contributed by atoms with E-state index in [1.165, 1.54) is 7.11 Å². The SMILES string of the molecule is CO[C@@H]1O[C@@H]2CO[C@H]([C@@H](OC(C)=O)[C@H](OC(C)=O)[C@@H](COC(C)=O)OC(C)=O)O[C@@H]2[C@H](OCc2ccccc2)[C@H]1OCc1ccccc1.